The van der Waals surface area contributed by atoms with Gasteiger partial charge in [-0.15, -0.1) is 0 Å². The first-order valence-electron chi connectivity index (χ1n) is 14.9. The molecule has 0 aliphatic carbocycles. The maximum Gasteiger partial charge on any atom is 0.249 e. The summed E-state index contributed by atoms with van der Waals surface area (Å²) in [5.74, 6) is -0.614. The zero-order valence-electron chi connectivity index (χ0n) is 23.7. The van der Waals surface area contributed by atoms with Gasteiger partial charge in [-0.3, -0.25) is 4.79 Å². The van der Waals surface area contributed by atoms with Crippen LogP contribution in [0, 0.1) is 0 Å². The van der Waals surface area contributed by atoms with E-state index in [1.807, 2.05) is 0 Å². The van der Waals surface area contributed by atoms with Gasteiger partial charge in [0, 0.05) is 0 Å². The minimum atomic E-state index is -1.28. The van der Waals surface area contributed by atoms with Crippen molar-refractivity contribution in [2.24, 2.45) is 0 Å². The Morgan fingerprint density at radius 1 is 0.676 bits per heavy atom. The number of carbonyl (C=O) groups excluding carboxylic acids is 1. The maximum absolute atomic E-state index is 12.3. The lowest BCUT2D eigenvalue weighted by molar-refractivity contribution is -0.132. The number of hydrogen-bond acceptors (Lipinski definition) is 5. The van der Waals surface area contributed by atoms with Crippen LogP contribution < -0.4 is 5.32 Å². The van der Waals surface area contributed by atoms with Gasteiger partial charge >= 0.3 is 0 Å². The second-order valence-electron chi connectivity index (χ2n) is 10.1. The summed E-state index contributed by atoms with van der Waals surface area (Å²) in [6, 6.07) is -1.00. The van der Waals surface area contributed by atoms with Crippen molar-refractivity contribution in [2.75, 3.05) is 6.61 Å². The summed E-state index contributed by atoms with van der Waals surface area (Å²) in [5.41, 5.74) is 0. The summed E-state index contributed by atoms with van der Waals surface area (Å²) in [6.45, 7) is 3.86. The van der Waals surface area contributed by atoms with Gasteiger partial charge < -0.3 is 25.7 Å². The molecule has 0 rings (SSSR count). The molecule has 0 aromatic heterocycles. The van der Waals surface area contributed by atoms with Gasteiger partial charge in [0.15, 0.2) is 0 Å². The number of hydrogen-bond donors (Lipinski definition) is 5. The van der Waals surface area contributed by atoms with Crippen molar-refractivity contribution in [3.8, 4) is 0 Å². The largest absolute Gasteiger partial charge is 0.394 e. The Bertz CT molecular complexity index is 604. The highest BCUT2D eigenvalue weighted by atomic mass is 16.3. The molecule has 37 heavy (non-hydrogen) atoms. The fourth-order valence-electron chi connectivity index (χ4n) is 4.08. The number of allylic oxidation sites excluding steroid dienone is 6. The lowest BCUT2D eigenvalue weighted by Crippen LogP contribution is -2.53. The lowest BCUT2D eigenvalue weighted by Gasteiger charge is -2.27. The molecule has 0 aromatic rings. The van der Waals surface area contributed by atoms with Crippen molar-refractivity contribution in [1.82, 2.24) is 5.32 Å². The number of aliphatic hydroxyl groups is 4. The molecule has 0 heterocycles. The molecule has 6 nitrogen and oxygen atoms in total. The third-order valence-corrected chi connectivity index (χ3v) is 6.60. The number of amides is 1. The Balaban J connectivity index is 3.98. The van der Waals surface area contributed by atoms with E-state index < -0.39 is 36.9 Å². The Hall–Kier alpha value is -1.47. The summed E-state index contributed by atoms with van der Waals surface area (Å²) < 4.78 is 0. The molecule has 4 unspecified atom stereocenters. The van der Waals surface area contributed by atoms with E-state index in [2.05, 4.69) is 55.6 Å². The molecule has 0 fully saturated rings. The molecule has 0 spiro atoms. The van der Waals surface area contributed by atoms with Crippen LogP contribution in [-0.4, -0.2) is 57.3 Å². The topological polar surface area (TPSA) is 110 Å². The molecule has 0 aromatic carbocycles. The quantitative estimate of drug-likeness (QED) is 0.0582. The molecule has 0 saturated heterocycles. The third kappa shape index (κ3) is 21.2. The van der Waals surface area contributed by atoms with E-state index in [0.29, 0.717) is 19.3 Å². The fraction of sp³-hybridized carbons (Fsp3) is 0.774. The van der Waals surface area contributed by atoms with Gasteiger partial charge in [-0.1, -0.05) is 102 Å². The molecule has 6 heteroatoms. The standard InChI is InChI=1S/C31H57NO5/c1-3-5-7-9-11-12-13-14-15-16-17-19-21-23-25-29(35)31(37)32-27(26-33)30(36)28(34)24-22-20-18-10-8-6-4-2/h10-14,18,27-30,33-36H,3-9,15-17,19-26H2,1-2H3,(H,32,37)/b12-11-,14-13-,18-10+. The molecule has 0 aliphatic rings. The first-order valence-corrected chi connectivity index (χ1v) is 14.9. The van der Waals surface area contributed by atoms with Crippen LogP contribution in [0.15, 0.2) is 36.5 Å². The summed E-state index contributed by atoms with van der Waals surface area (Å²) >= 11 is 0. The van der Waals surface area contributed by atoms with Gasteiger partial charge in [0.05, 0.1) is 18.8 Å². The van der Waals surface area contributed by atoms with E-state index in [4.69, 9.17) is 0 Å². The number of unbranched alkanes of at least 4 members (excludes halogenated alkanes) is 11. The predicted octanol–water partition coefficient (Wildman–Crippen LogP) is 5.89. The van der Waals surface area contributed by atoms with Crippen LogP contribution in [0.4, 0.5) is 0 Å². The van der Waals surface area contributed by atoms with Crippen molar-refractivity contribution < 1.29 is 25.2 Å². The van der Waals surface area contributed by atoms with Gasteiger partial charge in [0.2, 0.25) is 5.91 Å². The van der Waals surface area contributed by atoms with E-state index in [1.165, 1.54) is 19.3 Å². The van der Waals surface area contributed by atoms with Gasteiger partial charge in [0.25, 0.3) is 0 Å². The molecule has 0 radical (unpaired) electrons. The second kappa shape index (κ2) is 26.1. The Morgan fingerprint density at radius 3 is 1.84 bits per heavy atom. The maximum atomic E-state index is 12.3. The molecular formula is C31H57NO5. The van der Waals surface area contributed by atoms with E-state index >= 15 is 0 Å². The van der Waals surface area contributed by atoms with E-state index in [0.717, 1.165) is 70.6 Å². The number of aliphatic hydroxyl groups excluding tert-OH is 4. The Labute approximate surface area is 227 Å². The fourth-order valence-corrected chi connectivity index (χ4v) is 4.08. The average molecular weight is 524 g/mol. The van der Waals surface area contributed by atoms with E-state index in [-0.39, 0.29) is 0 Å². The van der Waals surface area contributed by atoms with Gasteiger partial charge in [0.1, 0.15) is 12.2 Å². The van der Waals surface area contributed by atoms with Crippen molar-refractivity contribution in [3.05, 3.63) is 36.5 Å². The number of carbonyl (C=O) groups is 1. The van der Waals surface area contributed by atoms with Crippen LogP contribution in [0.25, 0.3) is 0 Å². The van der Waals surface area contributed by atoms with Crippen LogP contribution >= 0.6 is 0 Å². The van der Waals surface area contributed by atoms with Crippen LogP contribution in [0.3, 0.4) is 0 Å². The molecule has 5 N–H and O–H groups in total. The molecule has 0 aliphatic heterocycles. The minimum Gasteiger partial charge on any atom is -0.394 e. The summed E-state index contributed by atoms with van der Waals surface area (Å²) in [5, 5.41) is 42.9. The highest BCUT2D eigenvalue weighted by molar-refractivity contribution is 5.80. The second-order valence-corrected chi connectivity index (χ2v) is 10.1. The zero-order valence-corrected chi connectivity index (χ0v) is 23.7. The monoisotopic (exact) mass is 523 g/mol. The van der Waals surface area contributed by atoms with Crippen LogP contribution in [-0.2, 0) is 4.79 Å². The Kier molecular flexibility index (Phi) is 25.1. The average Bonchev–Trinajstić information content (AvgIpc) is 2.90. The van der Waals surface area contributed by atoms with Gasteiger partial charge in [-0.25, -0.2) is 0 Å². The van der Waals surface area contributed by atoms with E-state index in [9.17, 15) is 25.2 Å². The van der Waals surface area contributed by atoms with Crippen LogP contribution in [0.5, 0.6) is 0 Å². The molecular weight excluding hydrogens is 466 g/mol. The first kappa shape index (κ1) is 35.5. The van der Waals surface area contributed by atoms with Crippen molar-refractivity contribution in [3.63, 3.8) is 0 Å². The Morgan fingerprint density at radius 2 is 1.22 bits per heavy atom. The highest BCUT2D eigenvalue weighted by Gasteiger charge is 2.28. The molecule has 0 saturated carbocycles. The molecule has 0 bridgehead atoms. The van der Waals surface area contributed by atoms with Gasteiger partial charge in [-0.2, -0.15) is 0 Å². The highest BCUT2D eigenvalue weighted by Crippen LogP contribution is 2.12. The molecule has 1 amide bonds. The van der Waals surface area contributed by atoms with Crippen molar-refractivity contribution in [1.29, 1.82) is 0 Å². The van der Waals surface area contributed by atoms with Crippen molar-refractivity contribution in [2.45, 2.75) is 147 Å². The van der Waals surface area contributed by atoms with Crippen molar-refractivity contribution >= 4 is 5.91 Å². The lowest BCUT2D eigenvalue weighted by atomic mass is 10.00. The molecule has 4 atom stereocenters. The van der Waals surface area contributed by atoms with Gasteiger partial charge in [-0.05, 0) is 57.8 Å². The van der Waals surface area contributed by atoms with Crippen LogP contribution in [0.2, 0.25) is 0 Å². The van der Waals surface area contributed by atoms with E-state index in [1.54, 1.807) is 0 Å². The summed E-state index contributed by atoms with van der Waals surface area (Å²) in [7, 11) is 0. The molecule has 216 valence electrons. The SMILES string of the molecule is CCCC/C=C/CCCC(O)C(O)C(CO)NC(=O)C(O)CCCCCCC/C=C\C=C/CCCCC. The number of rotatable bonds is 25. The summed E-state index contributed by atoms with van der Waals surface area (Å²) in [4.78, 5) is 12.3. The summed E-state index contributed by atoms with van der Waals surface area (Å²) in [6.07, 6.45) is 26.1. The number of nitrogens with one attached hydrogen (secondary N) is 1. The first-order chi connectivity index (χ1) is 18.0. The predicted molar refractivity (Wildman–Crippen MR) is 154 cm³/mol. The zero-order chi connectivity index (χ0) is 27.6. The normalized spacial score (nSPS) is 15.5. The smallest absolute Gasteiger partial charge is 0.249 e. The van der Waals surface area contributed by atoms with Crippen LogP contribution in [0.1, 0.15) is 123 Å². The third-order valence-electron chi connectivity index (χ3n) is 6.60. The minimum absolute atomic E-state index is 0.343.